The maximum Gasteiger partial charge on any atom is 0.320 e. The molecule has 1 fully saturated rings. The Morgan fingerprint density at radius 1 is 1.35 bits per heavy atom. The molecule has 4 heteroatoms. The fourth-order valence-electron chi connectivity index (χ4n) is 2.25. The molecular formula is C13H25NO3. The molecule has 0 aliphatic carbocycles. The maximum absolute atomic E-state index is 11.2. The lowest BCUT2D eigenvalue weighted by molar-refractivity contribution is -0.143. The molecule has 1 N–H and O–H groups in total. The van der Waals surface area contributed by atoms with E-state index in [0.29, 0.717) is 6.61 Å². The summed E-state index contributed by atoms with van der Waals surface area (Å²) in [6.45, 7) is 5.24. The molecule has 100 valence electrons. The Labute approximate surface area is 104 Å². The van der Waals surface area contributed by atoms with Crippen molar-refractivity contribution in [3.05, 3.63) is 0 Å². The number of unbranched alkanes of at least 4 members (excludes halogenated alkanes) is 1. The number of carboxylic acids is 1. The number of hydrogen-bond acceptors (Lipinski definition) is 3. The third kappa shape index (κ3) is 5.50. The number of hydrogen-bond donors (Lipinski definition) is 1. The summed E-state index contributed by atoms with van der Waals surface area (Å²) in [5.74, 6) is -0.680. The van der Waals surface area contributed by atoms with Crippen molar-refractivity contribution in [1.82, 2.24) is 4.90 Å². The largest absolute Gasteiger partial charge is 0.480 e. The van der Waals surface area contributed by atoms with Gasteiger partial charge in [0.2, 0.25) is 0 Å². The molecule has 0 aromatic rings. The van der Waals surface area contributed by atoms with Crippen LogP contribution in [0, 0.1) is 0 Å². The lowest BCUT2D eigenvalue weighted by atomic mass is 10.1. The van der Waals surface area contributed by atoms with Gasteiger partial charge in [0.15, 0.2) is 0 Å². The maximum atomic E-state index is 11.2. The second kappa shape index (κ2) is 8.48. The van der Waals surface area contributed by atoms with Crippen molar-refractivity contribution in [3.8, 4) is 0 Å². The van der Waals surface area contributed by atoms with Crippen molar-refractivity contribution in [1.29, 1.82) is 0 Å². The van der Waals surface area contributed by atoms with E-state index in [0.717, 1.165) is 58.2 Å². The van der Waals surface area contributed by atoms with Gasteiger partial charge in [-0.1, -0.05) is 26.2 Å². The van der Waals surface area contributed by atoms with E-state index >= 15 is 0 Å². The number of carboxylic acid groups (broad SMARTS) is 1. The van der Waals surface area contributed by atoms with E-state index in [9.17, 15) is 9.90 Å². The molecule has 1 heterocycles. The summed E-state index contributed by atoms with van der Waals surface area (Å²) in [7, 11) is 0. The van der Waals surface area contributed by atoms with Crippen molar-refractivity contribution >= 4 is 5.97 Å². The molecule has 0 saturated carbocycles. The molecule has 1 aliphatic heterocycles. The van der Waals surface area contributed by atoms with Crippen molar-refractivity contribution < 1.29 is 14.6 Å². The molecule has 0 aromatic carbocycles. The Morgan fingerprint density at radius 2 is 2.18 bits per heavy atom. The summed E-state index contributed by atoms with van der Waals surface area (Å²) in [5, 5.41) is 9.19. The van der Waals surface area contributed by atoms with Gasteiger partial charge in [0.1, 0.15) is 6.04 Å². The Balaban J connectivity index is 2.28. The normalized spacial score (nSPS) is 22.3. The zero-order valence-corrected chi connectivity index (χ0v) is 10.9. The number of aliphatic carboxylic acids is 1. The van der Waals surface area contributed by atoms with Gasteiger partial charge in [-0.05, 0) is 25.8 Å². The second-order valence-electron chi connectivity index (χ2n) is 4.71. The van der Waals surface area contributed by atoms with Crippen LogP contribution in [0.15, 0.2) is 0 Å². The number of rotatable bonds is 7. The summed E-state index contributed by atoms with van der Waals surface area (Å²) in [6.07, 6.45) is 6.30. The zero-order valence-electron chi connectivity index (χ0n) is 10.9. The van der Waals surface area contributed by atoms with E-state index in [1.54, 1.807) is 0 Å². The standard InChI is InChI=1S/C13H25NO3/c1-2-3-10-17-11-9-14-8-6-4-5-7-12(14)13(15)16/h12H,2-11H2,1H3,(H,15,16). The molecule has 17 heavy (non-hydrogen) atoms. The summed E-state index contributed by atoms with van der Waals surface area (Å²) in [6, 6.07) is -0.299. The minimum Gasteiger partial charge on any atom is -0.480 e. The molecule has 0 spiro atoms. The summed E-state index contributed by atoms with van der Waals surface area (Å²) < 4.78 is 5.51. The van der Waals surface area contributed by atoms with Crippen LogP contribution in [0.1, 0.15) is 45.4 Å². The topological polar surface area (TPSA) is 49.8 Å². The van der Waals surface area contributed by atoms with Gasteiger partial charge in [-0.3, -0.25) is 9.69 Å². The van der Waals surface area contributed by atoms with Crippen LogP contribution in [0.4, 0.5) is 0 Å². The van der Waals surface area contributed by atoms with Crippen LogP contribution in [0.3, 0.4) is 0 Å². The molecule has 0 aromatic heterocycles. The predicted molar refractivity (Wildman–Crippen MR) is 67.2 cm³/mol. The van der Waals surface area contributed by atoms with Crippen LogP contribution in [0.2, 0.25) is 0 Å². The minimum atomic E-state index is -0.680. The van der Waals surface area contributed by atoms with E-state index in [1.165, 1.54) is 0 Å². The highest BCUT2D eigenvalue weighted by Gasteiger charge is 2.26. The highest BCUT2D eigenvalue weighted by atomic mass is 16.5. The monoisotopic (exact) mass is 243 g/mol. The first kappa shape index (κ1) is 14.5. The van der Waals surface area contributed by atoms with Crippen molar-refractivity contribution in [3.63, 3.8) is 0 Å². The summed E-state index contributed by atoms with van der Waals surface area (Å²) in [5.41, 5.74) is 0. The van der Waals surface area contributed by atoms with Crippen LogP contribution >= 0.6 is 0 Å². The third-order valence-corrected chi connectivity index (χ3v) is 3.31. The first-order valence-corrected chi connectivity index (χ1v) is 6.80. The number of carbonyl (C=O) groups is 1. The quantitative estimate of drug-likeness (QED) is 0.696. The number of nitrogens with zero attached hydrogens (tertiary/aromatic N) is 1. The Bertz CT molecular complexity index is 221. The lowest BCUT2D eigenvalue weighted by Gasteiger charge is -2.26. The van der Waals surface area contributed by atoms with Crippen molar-refractivity contribution in [2.45, 2.75) is 51.5 Å². The van der Waals surface area contributed by atoms with E-state index < -0.39 is 5.97 Å². The molecule has 0 amide bonds. The Hall–Kier alpha value is -0.610. The average molecular weight is 243 g/mol. The Kier molecular flexibility index (Phi) is 7.21. The SMILES string of the molecule is CCCCOCCN1CCCCCC1C(=O)O. The molecule has 0 bridgehead atoms. The molecular weight excluding hydrogens is 218 g/mol. The van der Waals surface area contributed by atoms with Gasteiger partial charge in [-0.25, -0.2) is 0 Å². The van der Waals surface area contributed by atoms with E-state index in [1.807, 2.05) is 0 Å². The highest BCUT2D eigenvalue weighted by molar-refractivity contribution is 5.73. The van der Waals surface area contributed by atoms with Gasteiger partial charge >= 0.3 is 5.97 Å². The fourth-order valence-corrected chi connectivity index (χ4v) is 2.25. The minimum absolute atomic E-state index is 0.299. The molecule has 1 saturated heterocycles. The smallest absolute Gasteiger partial charge is 0.320 e. The van der Waals surface area contributed by atoms with Crippen LogP contribution in [0.25, 0.3) is 0 Å². The molecule has 0 radical (unpaired) electrons. The predicted octanol–water partition coefficient (Wildman–Crippen LogP) is 2.13. The average Bonchev–Trinajstić information content (AvgIpc) is 2.54. The van der Waals surface area contributed by atoms with Crippen LogP contribution in [-0.4, -0.2) is 48.3 Å². The number of ether oxygens (including phenoxy) is 1. The van der Waals surface area contributed by atoms with Gasteiger partial charge in [-0.15, -0.1) is 0 Å². The van der Waals surface area contributed by atoms with Crippen LogP contribution in [0.5, 0.6) is 0 Å². The molecule has 1 aliphatic rings. The van der Waals surface area contributed by atoms with Crippen LogP contribution < -0.4 is 0 Å². The zero-order chi connectivity index (χ0) is 12.5. The molecule has 4 nitrogen and oxygen atoms in total. The first-order valence-electron chi connectivity index (χ1n) is 6.80. The van der Waals surface area contributed by atoms with E-state index in [-0.39, 0.29) is 6.04 Å². The highest BCUT2D eigenvalue weighted by Crippen LogP contribution is 2.16. The van der Waals surface area contributed by atoms with Crippen molar-refractivity contribution in [2.24, 2.45) is 0 Å². The van der Waals surface area contributed by atoms with Crippen molar-refractivity contribution in [2.75, 3.05) is 26.3 Å². The molecule has 1 atom stereocenters. The van der Waals surface area contributed by atoms with Gasteiger partial charge in [0, 0.05) is 13.2 Å². The van der Waals surface area contributed by atoms with Gasteiger partial charge in [-0.2, -0.15) is 0 Å². The Morgan fingerprint density at radius 3 is 2.88 bits per heavy atom. The first-order chi connectivity index (χ1) is 8.25. The molecule has 1 unspecified atom stereocenters. The van der Waals surface area contributed by atoms with Gasteiger partial charge in [0.05, 0.1) is 6.61 Å². The molecule has 1 rings (SSSR count). The summed E-state index contributed by atoms with van der Waals surface area (Å²) >= 11 is 0. The number of likely N-dealkylation sites (tertiary alicyclic amines) is 1. The van der Waals surface area contributed by atoms with E-state index in [2.05, 4.69) is 11.8 Å². The third-order valence-electron chi connectivity index (χ3n) is 3.31. The van der Waals surface area contributed by atoms with Gasteiger partial charge in [0.25, 0.3) is 0 Å². The fraction of sp³-hybridized carbons (Fsp3) is 0.923. The lowest BCUT2D eigenvalue weighted by Crippen LogP contribution is -2.42. The van der Waals surface area contributed by atoms with E-state index in [4.69, 9.17) is 4.74 Å². The van der Waals surface area contributed by atoms with Gasteiger partial charge < -0.3 is 9.84 Å². The van der Waals surface area contributed by atoms with Crippen LogP contribution in [-0.2, 0) is 9.53 Å². The second-order valence-corrected chi connectivity index (χ2v) is 4.71. The summed E-state index contributed by atoms with van der Waals surface area (Å²) in [4.78, 5) is 13.2.